The summed E-state index contributed by atoms with van der Waals surface area (Å²) in [6.45, 7) is 1.52. The average molecular weight is 433 g/mol. The number of amides is 1. The van der Waals surface area contributed by atoms with Gasteiger partial charge in [0.25, 0.3) is 0 Å². The first-order valence-corrected chi connectivity index (χ1v) is 9.21. The Morgan fingerprint density at radius 2 is 1.70 bits per heavy atom. The maximum atomic E-state index is 12.2. The normalized spacial score (nSPS) is 16.1. The van der Waals surface area contributed by atoms with Crippen LogP contribution in [-0.4, -0.2) is 38.0 Å². The van der Waals surface area contributed by atoms with Gasteiger partial charge in [0.2, 0.25) is 5.91 Å². The molecule has 2 aromatic rings. The lowest BCUT2D eigenvalue weighted by atomic mass is 9.98. The van der Waals surface area contributed by atoms with E-state index < -0.39 is 0 Å². The van der Waals surface area contributed by atoms with Crippen LogP contribution in [0.2, 0.25) is 0 Å². The lowest BCUT2D eigenvalue weighted by Gasteiger charge is -2.23. The molecule has 0 unspecified atom stereocenters. The number of benzene rings is 2. The van der Waals surface area contributed by atoms with Crippen molar-refractivity contribution in [3.05, 3.63) is 52.0 Å². The summed E-state index contributed by atoms with van der Waals surface area (Å²) in [6.07, 6.45) is 0.597. The molecule has 0 radical (unpaired) electrons. The molecular formula is C20H21BrN2O4. The predicted octanol–water partition coefficient (Wildman–Crippen LogP) is 4.17. The molecule has 1 heterocycles. The maximum absolute atomic E-state index is 12.2. The predicted molar refractivity (Wildman–Crippen MR) is 107 cm³/mol. The molecule has 1 atom stereocenters. The lowest BCUT2D eigenvalue weighted by Crippen LogP contribution is -2.24. The quantitative estimate of drug-likeness (QED) is 0.710. The van der Waals surface area contributed by atoms with E-state index in [9.17, 15) is 4.79 Å². The van der Waals surface area contributed by atoms with Crippen LogP contribution in [0.3, 0.4) is 0 Å². The molecule has 3 rings (SSSR count). The molecule has 0 saturated heterocycles. The first-order chi connectivity index (χ1) is 13.0. The third-order valence-electron chi connectivity index (χ3n) is 4.52. The molecular weight excluding hydrogens is 412 g/mol. The number of nitrogens with zero attached hydrogens (tertiary/aromatic N) is 2. The number of hydrogen-bond donors (Lipinski definition) is 0. The third-order valence-corrected chi connectivity index (χ3v) is 5.20. The Balaban J connectivity index is 1.98. The van der Waals surface area contributed by atoms with Crippen LogP contribution >= 0.6 is 15.9 Å². The Kier molecular flexibility index (Phi) is 5.70. The molecule has 2 aromatic carbocycles. The Hall–Kier alpha value is -2.54. The van der Waals surface area contributed by atoms with Gasteiger partial charge in [0.1, 0.15) is 5.75 Å². The van der Waals surface area contributed by atoms with Crippen molar-refractivity contribution in [3.63, 3.8) is 0 Å². The standard InChI is InChI=1S/C20H21BrN2O4/c1-12(24)23-18(15-9-19(26-3)20(27-4)10-16(15)21)11-17(22-23)13-5-7-14(25-2)8-6-13/h5-10,18H,11H2,1-4H3/t18-/m0/s1. The second-order valence-corrected chi connectivity index (χ2v) is 6.94. The molecule has 27 heavy (non-hydrogen) atoms. The molecule has 0 N–H and O–H groups in total. The van der Waals surface area contributed by atoms with Crippen LogP contribution in [0.4, 0.5) is 0 Å². The van der Waals surface area contributed by atoms with Gasteiger partial charge in [-0.25, -0.2) is 5.01 Å². The Morgan fingerprint density at radius 1 is 1.07 bits per heavy atom. The van der Waals surface area contributed by atoms with Gasteiger partial charge in [-0.15, -0.1) is 0 Å². The minimum Gasteiger partial charge on any atom is -0.497 e. The summed E-state index contributed by atoms with van der Waals surface area (Å²) < 4.78 is 16.8. The number of carbonyl (C=O) groups excluding carboxylic acids is 1. The fourth-order valence-corrected chi connectivity index (χ4v) is 3.71. The zero-order valence-corrected chi connectivity index (χ0v) is 17.2. The number of rotatable bonds is 5. The van der Waals surface area contributed by atoms with E-state index in [4.69, 9.17) is 14.2 Å². The van der Waals surface area contributed by atoms with Crippen LogP contribution in [0.1, 0.15) is 30.5 Å². The van der Waals surface area contributed by atoms with E-state index in [1.807, 2.05) is 36.4 Å². The molecule has 1 aliphatic rings. The Morgan fingerprint density at radius 3 is 2.26 bits per heavy atom. The number of hydrazone groups is 1. The lowest BCUT2D eigenvalue weighted by molar-refractivity contribution is -0.130. The molecule has 0 fully saturated rings. The van der Waals surface area contributed by atoms with Crippen LogP contribution in [0, 0.1) is 0 Å². The van der Waals surface area contributed by atoms with Gasteiger partial charge in [0, 0.05) is 17.8 Å². The SMILES string of the molecule is COc1ccc(C2=NN(C(C)=O)[C@H](c3cc(OC)c(OC)cc3Br)C2)cc1. The van der Waals surface area contributed by atoms with Gasteiger partial charge in [-0.3, -0.25) is 4.79 Å². The Bertz CT molecular complexity index is 880. The first kappa shape index (κ1) is 19.2. The molecule has 0 aromatic heterocycles. The fraction of sp³-hybridized carbons (Fsp3) is 0.300. The summed E-state index contributed by atoms with van der Waals surface area (Å²) in [5.74, 6) is 1.89. The summed E-state index contributed by atoms with van der Waals surface area (Å²) in [6, 6.07) is 11.2. The van der Waals surface area contributed by atoms with E-state index in [2.05, 4.69) is 21.0 Å². The highest BCUT2D eigenvalue weighted by Crippen LogP contribution is 2.41. The van der Waals surface area contributed by atoms with Crippen molar-refractivity contribution in [1.82, 2.24) is 5.01 Å². The van der Waals surface area contributed by atoms with Crippen molar-refractivity contribution in [3.8, 4) is 17.2 Å². The van der Waals surface area contributed by atoms with Crippen LogP contribution in [0.5, 0.6) is 17.2 Å². The zero-order valence-electron chi connectivity index (χ0n) is 15.7. The van der Waals surface area contributed by atoms with E-state index in [-0.39, 0.29) is 11.9 Å². The van der Waals surface area contributed by atoms with Crippen molar-refractivity contribution in [2.24, 2.45) is 5.10 Å². The first-order valence-electron chi connectivity index (χ1n) is 8.41. The Labute approximate surface area is 166 Å². The highest BCUT2D eigenvalue weighted by Gasteiger charge is 2.33. The molecule has 6 nitrogen and oxygen atoms in total. The smallest absolute Gasteiger partial charge is 0.240 e. The van der Waals surface area contributed by atoms with Crippen molar-refractivity contribution in [1.29, 1.82) is 0 Å². The van der Waals surface area contributed by atoms with Gasteiger partial charge in [-0.1, -0.05) is 15.9 Å². The van der Waals surface area contributed by atoms with Crippen molar-refractivity contribution >= 4 is 27.5 Å². The summed E-state index contributed by atoms with van der Waals surface area (Å²) >= 11 is 3.59. The van der Waals surface area contributed by atoms with Gasteiger partial charge in [0.15, 0.2) is 11.5 Å². The number of methoxy groups -OCH3 is 3. The van der Waals surface area contributed by atoms with Crippen LogP contribution in [0.25, 0.3) is 0 Å². The minimum atomic E-state index is -0.228. The number of hydrogen-bond acceptors (Lipinski definition) is 5. The van der Waals surface area contributed by atoms with Gasteiger partial charge in [0.05, 0.1) is 33.1 Å². The van der Waals surface area contributed by atoms with Crippen molar-refractivity contribution in [2.45, 2.75) is 19.4 Å². The summed E-state index contributed by atoms with van der Waals surface area (Å²) in [4.78, 5) is 12.2. The number of ether oxygens (including phenoxy) is 3. The fourth-order valence-electron chi connectivity index (χ4n) is 3.13. The number of carbonyl (C=O) groups is 1. The zero-order chi connectivity index (χ0) is 19.6. The van der Waals surface area contributed by atoms with Crippen LogP contribution in [-0.2, 0) is 4.79 Å². The summed E-state index contributed by atoms with van der Waals surface area (Å²) in [5.41, 5.74) is 2.72. The van der Waals surface area contributed by atoms with E-state index in [1.54, 1.807) is 21.3 Å². The topological polar surface area (TPSA) is 60.4 Å². The van der Waals surface area contributed by atoms with Gasteiger partial charge < -0.3 is 14.2 Å². The summed E-state index contributed by atoms with van der Waals surface area (Å²) in [5, 5.41) is 6.10. The second kappa shape index (κ2) is 8.00. The molecule has 0 bridgehead atoms. The maximum Gasteiger partial charge on any atom is 0.240 e. The van der Waals surface area contributed by atoms with Gasteiger partial charge >= 0.3 is 0 Å². The van der Waals surface area contributed by atoms with Crippen molar-refractivity contribution < 1.29 is 19.0 Å². The van der Waals surface area contributed by atoms with E-state index in [0.29, 0.717) is 17.9 Å². The minimum absolute atomic E-state index is 0.120. The highest BCUT2D eigenvalue weighted by molar-refractivity contribution is 9.10. The second-order valence-electron chi connectivity index (χ2n) is 6.09. The van der Waals surface area contributed by atoms with Crippen LogP contribution < -0.4 is 14.2 Å². The largest absolute Gasteiger partial charge is 0.497 e. The average Bonchev–Trinajstić information content (AvgIpc) is 3.13. The molecule has 0 spiro atoms. The molecule has 1 aliphatic heterocycles. The molecule has 7 heteroatoms. The molecule has 0 aliphatic carbocycles. The molecule has 1 amide bonds. The van der Waals surface area contributed by atoms with Gasteiger partial charge in [-0.2, -0.15) is 5.10 Å². The highest BCUT2D eigenvalue weighted by atomic mass is 79.9. The summed E-state index contributed by atoms with van der Waals surface area (Å²) in [7, 11) is 4.81. The van der Waals surface area contributed by atoms with Gasteiger partial charge in [-0.05, 0) is 47.5 Å². The van der Waals surface area contributed by atoms with Crippen molar-refractivity contribution in [2.75, 3.05) is 21.3 Å². The monoisotopic (exact) mass is 432 g/mol. The van der Waals surface area contributed by atoms with E-state index in [0.717, 1.165) is 27.1 Å². The number of halogens is 1. The molecule has 0 saturated carbocycles. The third kappa shape index (κ3) is 3.78. The van der Waals surface area contributed by atoms with E-state index in [1.165, 1.54) is 11.9 Å². The van der Waals surface area contributed by atoms with E-state index >= 15 is 0 Å². The van der Waals surface area contributed by atoms with Crippen LogP contribution in [0.15, 0.2) is 46.0 Å². The molecule has 142 valence electrons.